The first kappa shape index (κ1) is 13.5. The van der Waals surface area contributed by atoms with Gasteiger partial charge in [0.25, 0.3) is 0 Å². The van der Waals surface area contributed by atoms with Gasteiger partial charge in [0.1, 0.15) is 0 Å². The fraction of sp³-hybridized carbons (Fsp3) is 0.700. The number of hydrogen-bond donors (Lipinski definition) is 2. The summed E-state index contributed by atoms with van der Waals surface area (Å²) >= 11 is 1.55. The molecule has 1 atom stereocenters. The summed E-state index contributed by atoms with van der Waals surface area (Å²) in [6.07, 6.45) is 7.06. The number of nitrogens with one attached hydrogen (secondary N) is 1. The molecule has 82 valence electrons. The van der Waals surface area contributed by atoms with Gasteiger partial charge >= 0.3 is 0 Å². The Labute approximate surface area is 90.5 Å². The molecular formula is C10H20N2OS. The number of carbonyl (C=O) groups is 1. The van der Waals surface area contributed by atoms with Gasteiger partial charge in [0, 0.05) is 11.7 Å². The molecule has 1 amide bonds. The fourth-order valence-corrected chi connectivity index (χ4v) is 1.69. The summed E-state index contributed by atoms with van der Waals surface area (Å²) in [6, 6.07) is -0.0424. The minimum absolute atomic E-state index is 0.0424. The summed E-state index contributed by atoms with van der Waals surface area (Å²) in [5, 5.41) is 4.54. The van der Waals surface area contributed by atoms with Gasteiger partial charge in [-0.1, -0.05) is 26.2 Å². The van der Waals surface area contributed by atoms with Gasteiger partial charge in [-0.25, -0.2) is 0 Å². The van der Waals surface area contributed by atoms with E-state index in [4.69, 9.17) is 5.73 Å². The maximum atomic E-state index is 10.3. The van der Waals surface area contributed by atoms with E-state index in [9.17, 15) is 4.79 Å². The standard InChI is InChI=1S/C10H20N2OS/c1-3-4-5-6-9(11)10(7-14-2)12-8-13/h7-9H,3-6,11H2,1-2H3,(H,12,13)/b10-7-. The molecule has 0 aliphatic carbocycles. The number of hydrogen-bond acceptors (Lipinski definition) is 3. The average molecular weight is 216 g/mol. The molecule has 0 spiro atoms. The lowest BCUT2D eigenvalue weighted by molar-refractivity contribution is -0.109. The molecule has 0 aromatic carbocycles. The Morgan fingerprint density at radius 3 is 2.79 bits per heavy atom. The Bertz CT molecular complexity index is 183. The van der Waals surface area contributed by atoms with Gasteiger partial charge in [0.15, 0.2) is 0 Å². The van der Waals surface area contributed by atoms with Crippen molar-refractivity contribution in [2.75, 3.05) is 6.26 Å². The van der Waals surface area contributed by atoms with Crippen molar-refractivity contribution in [2.45, 2.75) is 38.6 Å². The Morgan fingerprint density at radius 1 is 1.57 bits per heavy atom. The maximum absolute atomic E-state index is 10.3. The number of nitrogens with two attached hydrogens (primary N) is 1. The SMILES string of the molecule is CCCCCC(N)/C(=C/SC)NC=O. The second kappa shape index (κ2) is 9.09. The highest BCUT2D eigenvalue weighted by atomic mass is 32.2. The molecule has 0 aromatic heterocycles. The van der Waals surface area contributed by atoms with Gasteiger partial charge in [-0.05, 0) is 18.1 Å². The number of unbranched alkanes of at least 4 members (excludes halogenated alkanes) is 2. The number of rotatable bonds is 8. The number of amides is 1. The van der Waals surface area contributed by atoms with E-state index in [1.807, 2.05) is 11.7 Å². The summed E-state index contributed by atoms with van der Waals surface area (Å²) in [5.41, 5.74) is 6.75. The van der Waals surface area contributed by atoms with Gasteiger partial charge < -0.3 is 11.1 Å². The van der Waals surface area contributed by atoms with Crippen molar-refractivity contribution in [3.8, 4) is 0 Å². The van der Waals surface area contributed by atoms with Crippen molar-refractivity contribution in [2.24, 2.45) is 5.73 Å². The molecule has 0 aliphatic rings. The third-order valence-corrected chi connectivity index (χ3v) is 2.48. The van der Waals surface area contributed by atoms with Crippen LogP contribution >= 0.6 is 11.8 Å². The van der Waals surface area contributed by atoms with Crippen molar-refractivity contribution >= 4 is 18.2 Å². The second-order valence-corrected chi connectivity index (χ2v) is 3.88. The quantitative estimate of drug-likeness (QED) is 0.481. The lowest BCUT2D eigenvalue weighted by atomic mass is 10.1. The van der Waals surface area contributed by atoms with Crippen molar-refractivity contribution in [1.82, 2.24) is 5.32 Å². The van der Waals surface area contributed by atoms with E-state index >= 15 is 0 Å². The molecule has 0 heterocycles. The normalized spacial score (nSPS) is 13.8. The van der Waals surface area contributed by atoms with Crippen molar-refractivity contribution < 1.29 is 4.79 Å². The fourth-order valence-electron chi connectivity index (χ4n) is 1.19. The third kappa shape index (κ3) is 6.05. The molecule has 0 aromatic rings. The molecule has 0 saturated carbocycles. The van der Waals surface area contributed by atoms with Crippen LogP contribution in [0.25, 0.3) is 0 Å². The number of thioether (sulfide) groups is 1. The van der Waals surface area contributed by atoms with E-state index in [0.29, 0.717) is 6.41 Å². The molecule has 0 saturated heterocycles. The van der Waals surface area contributed by atoms with Gasteiger partial charge in [-0.2, -0.15) is 0 Å². The zero-order valence-electron chi connectivity index (χ0n) is 8.95. The lowest BCUT2D eigenvalue weighted by Gasteiger charge is -2.14. The highest BCUT2D eigenvalue weighted by Crippen LogP contribution is 2.10. The molecule has 14 heavy (non-hydrogen) atoms. The average Bonchev–Trinajstić information content (AvgIpc) is 2.18. The Kier molecular flexibility index (Phi) is 8.78. The zero-order valence-corrected chi connectivity index (χ0v) is 9.77. The van der Waals surface area contributed by atoms with Crippen LogP contribution in [0.1, 0.15) is 32.6 Å². The Balaban J connectivity index is 3.94. The van der Waals surface area contributed by atoms with Crippen LogP contribution in [0.3, 0.4) is 0 Å². The third-order valence-electron chi connectivity index (χ3n) is 1.99. The highest BCUT2D eigenvalue weighted by molar-refractivity contribution is 8.01. The van der Waals surface area contributed by atoms with Crippen LogP contribution in [-0.2, 0) is 4.79 Å². The largest absolute Gasteiger partial charge is 0.330 e. The molecule has 4 heteroatoms. The smallest absolute Gasteiger partial charge is 0.211 e. The summed E-state index contributed by atoms with van der Waals surface area (Å²) in [6.45, 7) is 2.16. The van der Waals surface area contributed by atoms with Crippen LogP contribution in [0.2, 0.25) is 0 Å². The highest BCUT2D eigenvalue weighted by Gasteiger charge is 2.07. The number of carbonyl (C=O) groups excluding carboxylic acids is 1. The predicted molar refractivity (Wildman–Crippen MR) is 62.9 cm³/mol. The molecule has 1 unspecified atom stereocenters. The topological polar surface area (TPSA) is 55.1 Å². The molecule has 0 fully saturated rings. The lowest BCUT2D eigenvalue weighted by Crippen LogP contribution is -2.30. The predicted octanol–water partition coefficient (Wildman–Crippen LogP) is 1.84. The van der Waals surface area contributed by atoms with E-state index in [1.54, 1.807) is 11.8 Å². The summed E-state index contributed by atoms with van der Waals surface area (Å²) < 4.78 is 0. The van der Waals surface area contributed by atoms with Gasteiger partial charge in [0.2, 0.25) is 6.41 Å². The van der Waals surface area contributed by atoms with Crippen molar-refractivity contribution in [3.05, 3.63) is 11.1 Å². The first-order chi connectivity index (χ1) is 6.76. The van der Waals surface area contributed by atoms with Crippen LogP contribution in [0.15, 0.2) is 11.1 Å². The van der Waals surface area contributed by atoms with Gasteiger partial charge in [0.05, 0.1) is 0 Å². The Morgan fingerprint density at radius 2 is 2.29 bits per heavy atom. The van der Waals surface area contributed by atoms with E-state index in [2.05, 4.69) is 12.2 Å². The Hall–Kier alpha value is -0.480. The molecule has 0 rings (SSSR count). The first-order valence-electron chi connectivity index (χ1n) is 4.94. The molecule has 0 aliphatic heterocycles. The molecular weight excluding hydrogens is 196 g/mol. The van der Waals surface area contributed by atoms with Crippen molar-refractivity contribution in [1.29, 1.82) is 0 Å². The van der Waals surface area contributed by atoms with Crippen LogP contribution in [0, 0.1) is 0 Å². The minimum atomic E-state index is -0.0424. The maximum Gasteiger partial charge on any atom is 0.211 e. The molecule has 0 bridgehead atoms. The first-order valence-corrected chi connectivity index (χ1v) is 6.23. The molecule has 3 nitrogen and oxygen atoms in total. The summed E-state index contributed by atoms with van der Waals surface area (Å²) in [5.74, 6) is 0. The van der Waals surface area contributed by atoms with Crippen molar-refractivity contribution in [3.63, 3.8) is 0 Å². The minimum Gasteiger partial charge on any atom is -0.330 e. The molecule has 3 N–H and O–H groups in total. The zero-order chi connectivity index (χ0) is 10.8. The van der Waals surface area contributed by atoms with E-state index in [1.165, 1.54) is 12.8 Å². The van der Waals surface area contributed by atoms with Gasteiger partial charge in [-0.3, -0.25) is 4.79 Å². The summed E-state index contributed by atoms with van der Waals surface area (Å²) in [4.78, 5) is 10.3. The van der Waals surface area contributed by atoms with E-state index in [-0.39, 0.29) is 6.04 Å². The van der Waals surface area contributed by atoms with E-state index < -0.39 is 0 Å². The van der Waals surface area contributed by atoms with E-state index in [0.717, 1.165) is 18.5 Å². The molecule has 0 radical (unpaired) electrons. The monoisotopic (exact) mass is 216 g/mol. The van der Waals surface area contributed by atoms with Crippen LogP contribution < -0.4 is 11.1 Å². The summed E-state index contributed by atoms with van der Waals surface area (Å²) in [7, 11) is 0. The van der Waals surface area contributed by atoms with Crippen LogP contribution in [-0.4, -0.2) is 18.7 Å². The van der Waals surface area contributed by atoms with Gasteiger partial charge in [-0.15, -0.1) is 11.8 Å². The van der Waals surface area contributed by atoms with Crippen LogP contribution in [0.5, 0.6) is 0 Å². The second-order valence-electron chi connectivity index (χ2n) is 3.17. The van der Waals surface area contributed by atoms with Crippen LogP contribution in [0.4, 0.5) is 0 Å².